The normalized spacial score (nSPS) is 10.7. The second-order valence-electron chi connectivity index (χ2n) is 8.51. The topological polar surface area (TPSA) is 130 Å². The Morgan fingerprint density at radius 1 is 1.14 bits per heavy atom. The molecule has 35 heavy (non-hydrogen) atoms. The maximum absolute atomic E-state index is 13.1. The Morgan fingerprint density at radius 3 is 2.54 bits per heavy atom. The van der Waals surface area contributed by atoms with Crippen molar-refractivity contribution in [1.29, 1.82) is 5.26 Å². The number of pyridine rings is 1. The summed E-state index contributed by atoms with van der Waals surface area (Å²) in [6.07, 6.45) is 1.34. The molecule has 0 aliphatic carbocycles. The third-order valence-corrected chi connectivity index (χ3v) is 5.70. The molecular formula is C25H23N7O3. The van der Waals surface area contributed by atoms with Crippen LogP contribution in [0.3, 0.4) is 0 Å². The highest BCUT2D eigenvalue weighted by atomic mass is 16.6. The van der Waals surface area contributed by atoms with Crippen molar-refractivity contribution in [3.05, 3.63) is 80.5 Å². The van der Waals surface area contributed by atoms with E-state index in [2.05, 4.69) is 16.5 Å². The average molecular weight is 470 g/mol. The lowest BCUT2D eigenvalue weighted by atomic mass is 10.0. The Bertz CT molecular complexity index is 1550. The quantitative estimate of drug-likeness (QED) is 0.338. The fourth-order valence-electron chi connectivity index (χ4n) is 4.03. The average Bonchev–Trinajstić information content (AvgIpc) is 3.21. The van der Waals surface area contributed by atoms with Crippen LogP contribution in [0, 0.1) is 42.2 Å². The number of aryl methyl sites for hydroxylation is 3. The molecule has 1 amide bonds. The lowest BCUT2D eigenvalue weighted by Gasteiger charge is -2.14. The van der Waals surface area contributed by atoms with E-state index in [1.165, 1.54) is 29.1 Å². The molecule has 0 aliphatic rings. The summed E-state index contributed by atoms with van der Waals surface area (Å²) in [6, 6.07) is 12.2. The van der Waals surface area contributed by atoms with Crippen molar-refractivity contribution in [1.82, 2.24) is 14.8 Å². The maximum Gasteiger partial charge on any atom is 0.293 e. The highest BCUT2D eigenvalue weighted by Crippen LogP contribution is 2.29. The van der Waals surface area contributed by atoms with Crippen molar-refractivity contribution < 1.29 is 9.72 Å². The van der Waals surface area contributed by atoms with Crippen molar-refractivity contribution in [2.75, 3.05) is 24.3 Å². The smallest absolute Gasteiger partial charge is 0.293 e. The minimum Gasteiger partial charge on any atom is -0.372 e. The van der Waals surface area contributed by atoms with E-state index >= 15 is 0 Å². The molecule has 10 heteroatoms. The molecular weight excluding hydrogens is 446 g/mol. The Hall–Kier alpha value is -4.78. The first-order valence-electron chi connectivity index (χ1n) is 10.7. The molecule has 176 valence electrons. The number of hydrogen-bond acceptors (Lipinski definition) is 7. The zero-order chi connectivity index (χ0) is 25.4. The summed E-state index contributed by atoms with van der Waals surface area (Å²) in [5, 5.41) is 29.1. The molecule has 0 bridgehead atoms. The van der Waals surface area contributed by atoms with E-state index in [-0.39, 0.29) is 22.6 Å². The molecule has 4 rings (SSSR count). The third kappa shape index (κ3) is 4.27. The number of amides is 1. The molecule has 2 aromatic heterocycles. The van der Waals surface area contributed by atoms with Crippen LogP contribution in [0.15, 0.2) is 42.6 Å². The summed E-state index contributed by atoms with van der Waals surface area (Å²) in [6.45, 7) is 5.96. The molecule has 0 atom stereocenters. The second kappa shape index (κ2) is 8.87. The van der Waals surface area contributed by atoms with Gasteiger partial charge in [0.2, 0.25) is 0 Å². The largest absolute Gasteiger partial charge is 0.372 e. The predicted molar refractivity (Wildman–Crippen MR) is 133 cm³/mol. The third-order valence-electron chi connectivity index (χ3n) is 5.70. The fourth-order valence-corrected chi connectivity index (χ4v) is 4.03. The van der Waals surface area contributed by atoms with E-state index in [4.69, 9.17) is 4.98 Å². The molecule has 0 saturated heterocycles. The van der Waals surface area contributed by atoms with Gasteiger partial charge in [0.1, 0.15) is 17.3 Å². The summed E-state index contributed by atoms with van der Waals surface area (Å²) in [4.78, 5) is 30.4. The van der Waals surface area contributed by atoms with E-state index < -0.39 is 10.8 Å². The van der Waals surface area contributed by atoms with Crippen molar-refractivity contribution in [2.24, 2.45) is 0 Å². The van der Waals surface area contributed by atoms with Crippen molar-refractivity contribution in [2.45, 2.75) is 20.8 Å². The van der Waals surface area contributed by atoms with Crippen molar-refractivity contribution in [3.8, 4) is 11.9 Å². The molecule has 4 aromatic rings. The molecule has 0 radical (unpaired) electrons. The number of nitrogens with one attached hydrogen (secondary N) is 1. The van der Waals surface area contributed by atoms with E-state index in [9.17, 15) is 20.2 Å². The van der Waals surface area contributed by atoms with Crippen LogP contribution >= 0.6 is 0 Å². The second-order valence-corrected chi connectivity index (χ2v) is 8.51. The number of nitrogens with zero attached hydrogens (tertiary/aromatic N) is 6. The zero-order valence-corrected chi connectivity index (χ0v) is 19.9. The van der Waals surface area contributed by atoms with Gasteiger partial charge >= 0.3 is 0 Å². The van der Waals surface area contributed by atoms with E-state index in [1.807, 2.05) is 39.0 Å². The van der Waals surface area contributed by atoms with Crippen molar-refractivity contribution >= 4 is 34.0 Å². The first-order chi connectivity index (χ1) is 16.6. The number of hydrogen-bond donors (Lipinski definition) is 1. The Kier molecular flexibility index (Phi) is 5.93. The summed E-state index contributed by atoms with van der Waals surface area (Å²) in [7, 11) is 3.36. The van der Waals surface area contributed by atoms with Gasteiger partial charge in [0, 0.05) is 31.1 Å². The van der Waals surface area contributed by atoms with E-state index in [0.717, 1.165) is 27.6 Å². The van der Waals surface area contributed by atoms with Gasteiger partial charge in [-0.3, -0.25) is 14.9 Å². The molecule has 2 heterocycles. The first-order valence-corrected chi connectivity index (χ1v) is 10.7. The number of benzene rings is 2. The number of nitro benzene ring substituents is 1. The highest BCUT2D eigenvalue weighted by Gasteiger charge is 2.22. The zero-order valence-electron chi connectivity index (χ0n) is 19.9. The molecule has 0 spiro atoms. The Morgan fingerprint density at radius 2 is 1.89 bits per heavy atom. The van der Waals surface area contributed by atoms with Gasteiger partial charge < -0.3 is 10.2 Å². The van der Waals surface area contributed by atoms with Gasteiger partial charge in [-0.05, 0) is 56.2 Å². The van der Waals surface area contributed by atoms with Crippen LogP contribution in [0.4, 0.5) is 17.2 Å². The molecule has 0 fully saturated rings. The van der Waals surface area contributed by atoms with Gasteiger partial charge in [-0.1, -0.05) is 11.6 Å². The molecule has 0 unspecified atom stereocenters. The summed E-state index contributed by atoms with van der Waals surface area (Å²) < 4.78 is 1.39. The molecule has 0 aliphatic heterocycles. The Balaban J connectivity index is 1.78. The summed E-state index contributed by atoms with van der Waals surface area (Å²) in [5.74, 6) is -0.0403. The summed E-state index contributed by atoms with van der Waals surface area (Å²) >= 11 is 0. The van der Waals surface area contributed by atoms with Gasteiger partial charge in [-0.25, -0.2) is 4.98 Å². The Labute approximate surface area is 201 Å². The highest BCUT2D eigenvalue weighted by molar-refractivity contribution is 6.05. The van der Waals surface area contributed by atoms with E-state index in [1.54, 1.807) is 19.0 Å². The lowest BCUT2D eigenvalue weighted by molar-refractivity contribution is -0.384. The number of anilines is 2. The minimum atomic E-state index is -0.610. The first kappa shape index (κ1) is 23.4. The number of rotatable bonds is 5. The van der Waals surface area contributed by atoms with Crippen LogP contribution in [0.2, 0.25) is 0 Å². The minimum absolute atomic E-state index is 0.0768. The lowest BCUT2D eigenvalue weighted by Crippen LogP contribution is -2.18. The SMILES string of the molecule is Cc1cc(C)c2nc(-n3ncc(C#N)c3NC(=O)c3ccc(N(C)C)c([N+](=O)[O-])c3)cc(C)c2c1. The monoisotopic (exact) mass is 469 g/mol. The van der Waals surface area contributed by atoms with Gasteiger partial charge in [-0.2, -0.15) is 15.0 Å². The van der Waals surface area contributed by atoms with Gasteiger partial charge in [0.15, 0.2) is 11.6 Å². The van der Waals surface area contributed by atoms with Gasteiger partial charge in [0.25, 0.3) is 11.6 Å². The van der Waals surface area contributed by atoms with Crippen LogP contribution in [0.5, 0.6) is 0 Å². The number of aromatic nitrogens is 3. The molecule has 0 saturated carbocycles. The number of nitro groups is 1. The fraction of sp³-hybridized carbons (Fsp3) is 0.200. The number of carbonyl (C=O) groups excluding carboxylic acids is 1. The molecule has 1 N–H and O–H groups in total. The number of nitriles is 1. The summed E-state index contributed by atoms with van der Waals surface area (Å²) in [5.41, 5.74) is 4.28. The van der Waals surface area contributed by atoms with Gasteiger partial charge in [0.05, 0.1) is 16.6 Å². The predicted octanol–water partition coefficient (Wildman–Crippen LogP) is 4.44. The standard InChI is InChI=1S/C25H23N7O3/c1-14-8-16(3)23-19(9-14)15(2)10-22(28-23)31-24(18(12-26)13-27-31)29-25(33)17-6-7-20(30(4)5)21(11-17)32(34)35/h6-11,13H,1-5H3,(H,29,33). The maximum atomic E-state index is 13.1. The number of carbonyl (C=O) groups is 1. The molecule has 2 aromatic carbocycles. The van der Waals surface area contributed by atoms with Crippen molar-refractivity contribution in [3.63, 3.8) is 0 Å². The van der Waals surface area contributed by atoms with Gasteiger partial charge in [-0.15, -0.1) is 0 Å². The van der Waals surface area contributed by atoms with Crippen LogP contribution < -0.4 is 10.2 Å². The van der Waals surface area contributed by atoms with Crippen LogP contribution in [0.25, 0.3) is 16.7 Å². The van der Waals surface area contributed by atoms with Crippen LogP contribution in [-0.2, 0) is 0 Å². The molecule has 10 nitrogen and oxygen atoms in total. The van der Waals surface area contributed by atoms with E-state index in [0.29, 0.717) is 11.5 Å². The van der Waals surface area contributed by atoms with Crippen LogP contribution in [-0.4, -0.2) is 39.7 Å². The number of fused-ring (bicyclic) bond motifs is 1. The van der Waals surface area contributed by atoms with Crippen LogP contribution in [0.1, 0.15) is 32.6 Å².